The second-order valence-corrected chi connectivity index (χ2v) is 8.33. The lowest BCUT2D eigenvalue weighted by molar-refractivity contribution is -0.153. The van der Waals surface area contributed by atoms with E-state index in [1.165, 1.54) is 14.2 Å². The number of ether oxygens (including phenoxy) is 2. The molecule has 0 radical (unpaired) electrons. The summed E-state index contributed by atoms with van der Waals surface area (Å²) in [6.07, 6.45) is 1.40. The highest BCUT2D eigenvalue weighted by Gasteiger charge is 2.68. The molecule has 2 amide bonds. The number of carbonyl (C=O) groups is 3. The van der Waals surface area contributed by atoms with Crippen LogP contribution in [-0.2, 0) is 14.4 Å². The SMILES string of the molecule is CCCCN1C(=O)C2C(c3cc(Br)c(OC)c(OC)c3)NC(CO)(C(=O)O)C2C1=O. The smallest absolute Gasteiger partial charge is 0.327 e. The highest BCUT2D eigenvalue weighted by atomic mass is 79.9. The number of carbonyl (C=O) groups excluding carboxylic acids is 2. The monoisotopic (exact) mass is 484 g/mol. The number of aliphatic hydroxyl groups is 1. The molecule has 3 rings (SSSR count). The fraction of sp³-hybridized carbons (Fsp3) is 0.550. The number of imide groups is 1. The Labute approximate surface area is 182 Å². The van der Waals surface area contributed by atoms with Crippen LogP contribution in [0, 0.1) is 11.8 Å². The number of rotatable bonds is 8. The lowest BCUT2D eigenvalue weighted by Gasteiger charge is -2.29. The van der Waals surface area contributed by atoms with Crippen LogP contribution in [0.2, 0.25) is 0 Å². The normalized spacial score (nSPS) is 28.0. The molecule has 3 N–H and O–H groups in total. The summed E-state index contributed by atoms with van der Waals surface area (Å²) in [5, 5.41) is 22.8. The van der Waals surface area contributed by atoms with E-state index in [2.05, 4.69) is 21.2 Å². The molecule has 0 aliphatic carbocycles. The van der Waals surface area contributed by atoms with E-state index < -0.39 is 47.8 Å². The molecule has 30 heavy (non-hydrogen) atoms. The van der Waals surface area contributed by atoms with E-state index in [4.69, 9.17) is 9.47 Å². The molecular weight excluding hydrogens is 460 g/mol. The summed E-state index contributed by atoms with van der Waals surface area (Å²) in [5.41, 5.74) is -1.41. The number of benzene rings is 1. The van der Waals surface area contributed by atoms with E-state index in [-0.39, 0.29) is 6.54 Å². The van der Waals surface area contributed by atoms with Crippen LogP contribution in [-0.4, -0.2) is 65.8 Å². The minimum atomic E-state index is -1.96. The van der Waals surface area contributed by atoms with Gasteiger partial charge in [0.05, 0.1) is 37.1 Å². The number of carboxylic acid groups (broad SMARTS) is 1. The van der Waals surface area contributed by atoms with Crippen LogP contribution in [0.25, 0.3) is 0 Å². The number of nitrogens with one attached hydrogen (secondary N) is 1. The van der Waals surface area contributed by atoms with Gasteiger partial charge in [0.2, 0.25) is 11.8 Å². The summed E-state index contributed by atoms with van der Waals surface area (Å²) in [5.74, 6) is -3.70. The minimum absolute atomic E-state index is 0.227. The Morgan fingerprint density at radius 3 is 2.50 bits per heavy atom. The Morgan fingerprint density at radius 1 is 1.27 bits per heavy atom. The van der Waals surface area contributed by atoms with Crippen molar-refractivity contribution in [2.24, 2.45) is 11.8 Å². The van der Waals surface area contributed by atoms with Gasteiger partial charge in [0.25, 0.3) is 0 Å². The van der Waals surface area contributed by atoms with E-state index in [9.17, 15) is 24.6 Å². The van der Waals surface area contributed by atoms with Crippen LogP contribution in [0.5, 0.6) is 11.5 Å². The predicted octanol–water partition coefficient (Wildman–Crippen LogP) is 1.33. The number of halogens is 1. The minimum Gasteiger partial charge on any atom is -0.493 e. The average Bonchev–Trinajstić information content (AvgIpc) is 3.20. The van der Waals surface area contributed by atoms with Crippen molar-refractivity contribution in [3.05, 3.63) is 22.2 Å². The van der Waals surface area contributed by atoms with Crippen LogP contribution in [0.3, 0.4) is 0 Å². The summed E-state index contributed by atoms with van der Waals surface area (Å²) in [4.78, 5) is 39.6. The van der Waals surface area contributed by atoms with Crippen molar-refractivity contribution >= 4 is 33.7 Å². The van der Waals surface area contributed by atoms with Crippen LogP contribution >= 0.6 is 15.9 Å². The molecule has 9 nitrogen and oxygen atoms in total. The second kappa shape index (κ2) is 8.52. The first-order valence-corrected chi connectivity index (χ1v) is 10.4. The Kier molecular flexibility index (Phi) is 6.40. The van der Waals surface area contributed by atoms with Gasteiger partial charge < -0.3 is 19.7 Å². The average molecular weight is 485 g/mol. The molecule has 2 saturated heterocycles. The number of unbranched alkanes of at least 4 members (excludes halogenated alkanes) is 1. The number of methoxy groups -OCH3 is 2. The number of fused-ring (bicyclic) bond motifs is 1. The number of aliphatic carboxylic acids is 1. The Bertz CT molecular complexity index is 877. The molecule has 2 aliphatic rings. The molecule has 2 aliphatic heterocycles. The molecule has 0 bridgehead atoms. The highest BCUT2D eigenvalue weighted by Crippen LogP contribution is 2.50. The van der Waals surface area contributed by atoms with E-state index in [0.29, 0.717) is 28.0 Å². The Hall–Kier alpha value is -2.17. The third kappa shape index (κ3) is 3.27. The van der Waals surface area contributed by atoms with Crippen molar-refractivity contribution in [3.8, 4) is 11.5 Å². The molecule has 1 aromatic carbocycles. The van der Waals surface area contributed by atoms with Crippen molar-refractivity contribution < 1.29 is 34.1 Å². The van der Waals surface area contributed by atoms with Gasteiger partial charge in [-0.05, 0) is 40.0 Å². The van der Waals surface area contributed by atoms with Crippen molar-refractivity contribution in [1.82, 2.24) is 10.2 Å². The first kappa shape index (κ1) is 22.5. The summed E-state index contributed by atoms with van der Waals surface area (Å²) >= 11 is 3.41. The van der Waals surface area contributed by atoms with Gasteiger partial charge in [-0.3, -0.25) is 24.6 Å². The topological polar surface area (TPSA) is 125 Å². The lowest BCUT2D eigenvalue weighted by atomic mass is 9.79. The third-order valence-corrected chi connectivity index (χ3v) is 6.52. The Balaban J connectivity index is 2.13. The first-order valence-electron chi connectivity index (χ1n) is 9.65. The standard InChI is InChI=1S/C20H25BrN2O7/c1-4-5-6-23-17(25)13-14(18(23)26)20(9-24,19(27)28)22-15(13)10-7-11(21)16(30-3)12(8-10)29-2/h7-8,13-15,22,24H,4-6,9H2,1-3H3,(H,27,28). The predicted molar refractivity (Wildman–Crippen MR) is 109 cm³/mol. The quantitative estimate of drug-likeness (QED) is 0.471. The van der Waals surface area contributed by atoms with Crippen molar-refractivity contribution in [3.63, 3.8) is 0 Å². The number of hydrogen-bond donors (Lipinski definition) is 3. The number of nitrogens with zero attached hydrogens (tertiary/aromatic N) is 1. The molecule has 0 saturated carbocycles. The zero-order valence-corrected chi connectivity index (χ0v) is 18.6. The Morgan fingerprint density at radius 2 is 1.97 bits per heavy atom. The van der Waals surface area contributed by atoms with E-state index in [1.807, 2.05) is 6.92 Å². The first-order chi connectivity index (χ1) is 14.3. The van der Waals surface area contributed by atoms with E-state index in [0.717, 1.165) is 11.3 Å². The molecule has 10 heteroatoms. The number of aliphatic hydroxyl groups excluding tert-OH is 1. The highest BCUT2D eigenvalue weighted by molar-refractivity contribution is 9.10. The van der Waals surface area contributed by atoms with Crippen molar-refractivity contribution in [2.75, 3.05) is 27.4 Å². The molecule has 2 fully saturated rings. The molecular formula is C20H25BrN2O7. The molecule has 0 aromatic heterocycles. The molecule has 0 spiro atoms. The maximum Gasteiger partial charge on any atom is 0.327 e. The number of amides is 2. The van der Waals surface area contributed by atoms with Crippen LogP contribution in [0.4, 0.5) is 0 Å². The fourth-order valence-electron chi connectivity index (χ4n) is 4.41. The summed E-state index contributed by atoms with van der Waals surface area (Å²) < 4.78 is 11.2. The van der Waals surface area contributed by atoms with Gasteiger partial charge in [-0.15, -0.1) is 0 Å². The van der Waals surface area contributed by atoms with Gasteiger partial charge in [0.1, 0.15) is 0 Å². The van der Waals surface area contributed by atoms with Crippen LogP contribution < -0.4 is 14.8 Å². The molecule has 4 atom stereocenters. The number of hydrogen-bond acceptors (Lipinski definition) is 7. The zero-order chi connectivity index (χ0) is 22.2. The largest absolute Gasteiger partial charge is 0.493 e. The molecule has 4 unspecified atom stereocenters. The summed E-state index contributed by atoms with van der Waals surface area (Å²) in [7, 11) is 2.95. The van der Waals surface area contributed by atoms with Gasteiger partial charge in [-0.25, -0.2) is 0 Å². The van der Waals surface area contributed by atoms with Gasteiger partial charge in [-0.2, -0.15) is 0 Å². The van der Waals surface area contributed by atoms with Crippen molar-refractivity contribution in [2.45, 2.75) is 31.3 Å². The maximum atomic E-state index is 13.2. The van der Waals surface area contributed by atoms with E-state index >= 15 is 0 Å². The van der Waals surface area contributed by atoms with Gasteiger partial charge >= 0.3 is 5.97 Å². The number of likely N-dealkylation sites (tertiary alicyclic amines) is 1. The van der Waals surface area contributed by atoms with E-state index in [1.54, 1.807) is 12.1 Å². The maximum absolute atomic E-state index is 13.2. The number of carboxylic acids is 1. The van der Waals surface area contributed by atoms with Gasteiger partial charge in [0.15, 0.2) is 17.0 Å². The fourth-order valence-corrected chi connectivity index (χ4v) is 5.03. The third-order valence-electron chi connectivity index (χ3n) is 5.93. The van der Waals surface area contributed by atoms with Crippen LogP contribution in [0.15, 0.2) is 16.6 Å². The van der Waals surface area contributed by atoms with Gasteiger partial charge in [-0.1, -0.05) is 13.3 Å². The summed E-state index contributed by atoms with van der Waals surface area (Å²) in [6.45, 7) is 1.34. The van der Waals surface area contributed by atoms with Crippen molar-refractivity contribution in [1.29, 1.82) is 0 Å². The zero-order valence-electron chi connectivity index (χ0n) is 17.0. The second-order valence-electron chi connectivity index (χ2n) is 7.48. The molecule has 2 heterocycles. The van der Waals surface area contributed by atoms with Crippen LogP contribution in [0.1, 0.15) is 31.4 Å². The lowest BCUT2D eigenvalue weighted by Crippen LogP contribution is -2.58. The molecule has 164 valence electrons. The summed E-state index contributed by atoms with van der Waals surface area (Å²) in [6, 6.07) is 2.52. The van der Waals surface area contributed by atoms with Gasteiger partial charge in [0, 0.05) is 12.6 Å². The molecule has 1 aromatic rings.